The minimum absolute atomic E-state index is 0.0503. The van der Waals surface area contributed by atoms with Crippen LogP contribution in [0.2, 0.25) is 0 Å². The van der Waals surface area contributed by atoms with Crippen molar-refractivity contribution in [3.05, 3.63) is 226 Å². The number of aliphatic hydroxyl groups is 1. The summed E-state index contributed by atoms with van der Waals surface area (Å²) in [6, 6.07) is 31.5. The van der Waals surface area contributed by atoms with Crippen LogP contribution >= 0.6 is 0 Å². The van der Waals surface area contributed by atoms with Gasteiger partial charge in [-0.1, -0.05) is 60.2 Å². The number of nitrogens with zero attached hydrogens (tertiary/aromatic N) is 28. The molecule has 10 aromatic rings. The largest absolute Gasteiger partial charge is 0.475 e. The van der Waals surface area contributed by atoms with Gasteiger partial charge in [0, 0.05) is 199 Å². The van der Waals surface area contributed by atoms with Crippen LogP contribution in [-0.4, -0.2) is 315 Å². The third kappa shape index (κ3) is 17.1. The number of anilines is 3. The van der Waals surface area contributed by atoms with Crippen LogP contribution in [0.3, 0.4) is 0 Å². The molecule has 37 nitrogen and oxygen atoms in total. The van der Waals surface area contributed by atoms with Crippen LogP contribution in [0.5, 0.6) is 11.8 Å². The normalized spacial score (nSPS) is 26.4. The predicted octanol–water partition coefficient (Wildman–Crippen LogP) is 8.50. The lowest BCUT2D eigenvalue weighted by Gasteiger charge is -2.73. The number of hydrogen-bond acceptors (Lipinski definition) is 28. The van der Waals surface area contributed by atoms with Gasteiger partial charge in [-0.25, -0.2) is 39.9 Å². The summed E-state index contributed by atoms with van der Waals surface area (Å²) in [5, 5.41) is 22.9. The first-order valence-electron chi connectivity index (χ1n) is 51.9. The van der Waals surface area contributed by atoms with Gasteiger partial charge in [0.25, 0.3) is 0 Å². The van der Waals surface area contributed by atoms with Crippen molar-refractivity contribution in [2.24, 2.45) is 57.8 Å². The number of aryl methyl sites for hydroxylation is 3. The highest BCUT2D eigenvalue weighted by atomic mass is 16.5. The van der Waals surface area contributed by atoms with Crippen LogP contribution in [0.1, 0.15) is 191 Å². The van der Waals surface area contributed by atoms with Crippen LogP contribution in [-0.2, 0) is 87.0 Å². The standard InChI is InChI=1S/C37H43N9O3.C36H44N10O3.C36H37N9O3/c1-24(2)49-29-7-5-25(16-38-29)31-32-26(17-39-31)4-6-28(41-32)46-15-11-35(34(46)48)10-14-44(22-35)18-30(47)45-12-8-27(9-13-45)36-19-37(20-36,21-36)33-40-23-43(3)42-33;1-24(2)49-28-7-5-25(16-37-28)30-31-26(17-38-30)4-6-27(40-31)46-11-9-34(33(46)48)8-10-43(22-34)18-29(47)44-12-14-45(15-13-44)36-19-35(20-36,21-36)32-39-23-42(3)41-32;1-42-23-39-34(41-42)26-4-2-24(3-5-26)25-10-14-44(15-11-25)31(47)20-43-16-12-36(22-43)13-17-45(35(36)48)30-9-7-28-19-38-32(33(28)40-30)27-6-8-29(21-46)37-18-27/h4-8,16,23-24H,9-15,17-22H2,1-3H3;4-7,16,23-24H,8-15,17-22H2,1-3H3;2-10,18,23,46H,11-17,19-22H2,1H3/t35-,36?,37?;34-,35?,36?;36-/m000/s1. The second kappa shape index (κ2) is 37.0. The highest BCUT2D eigenvalue weighted by Crippen LogP contribution is 2.76. The van der Waals surface area contributed by atoms with E-state index >= 15 is 0 Å². The van der Waals surface area contributed by atoms with Gasteiger partial charge in [-0.05, 0) is 196 Å². The number of fused-ring (bicyclic) bond motifs is 3. The summed E-state index contributed by atoms with van der Waals surface area (Å²) < 4.78 is 16.7. The molecular formula is C109H124N28O9. The maximum absolute atomic E-state index is 14.0. The average Bonchev–Trinajstić information content (AvgIpc) is 0.970. The van der Waals surface area contributed by atoms with E-state index in [1.807, 2.05) is 157 Å². The molecule has 13 fully saturated rings. The molecule has 6 amide bonds. The molecule has 37 heteroatoms. The van der Waals surface area contributed by atoms with Gasteiger partial charge in [0.15, 0.2) is 17.5 Å². The lowest BCUT2D eigenvalue weighted by molar-refractivity contribution is -0.184. The van der Waals surface area contributed by atoms with Crippen LogP contribution in [0.25, 0.3) is 17.0 Å². The number of likely N-dealkylation sites (tertiary alicyclic amines) is 3. The number of rotatable bonds is 23. The van der Waals surface area contributed by atoms with Gasteiger partial charge in [-0.15, -0.1) is 0 Å². The maximum Gasteiger partial charge on any atom is 0.237 e. The molecule has 18 aliphatic rings. The Morgan fingerprint density at radius 3 is 1.18 bits per heavy atom. The number of carbonyl (C=O) groups excluding carboxylic acids is 6. The minimum atomic E-state index is -0.492. The Labute approximate surface area is 847 Å². The third-order valence-electron chi connectivity index (χ3n) is 33.9. The highest BCUT2D eigenvalue weighted by Gasteiger charge is 2.73. The van der Waals surface area contributed by atoms with Crippen LogP contribution in [0.4, 0.5) is 17.5 Å². The number of piperazine rings is 1. The molecule has 6 saturated carbocycles. The monoisotopic (exact) mass is 1970 g/mol. The van der Waals surface area contributed by atoms with Gasteiger partial charge in [0.2, 0.25) is 47.2 Å². The number of carbonyl (C=O) groups is 6. The third-order valence-corrected chi connectivity index (χ3v) is 33.9. The molecular weight excluding hydrogens is 1850 g/mol. The van der Waals surface area contributed by atoms with E-state index in [0.29, 0.717) is 144 Å². The molecule has 1 N–H and O–H groups in total. The number of hydrogen-bond donors (Lipinski definition) is 1. The Morgan fingerprint density at radius 1 is 0.390 bits per heavy atom. The SMILES string of the molecule is CC(C)Oc1ccc(C2=NCc3ccc(N4CC[C@]5(CCN(CC(=O)N6CC=C(C78CC(c9ncn(C)n9)(C7)C8)CC6)C5)C4=O)nc32)cn1.CC(C)Oc1ccc(C2=NCc3ccc(N4CC[C@]5(CCN(CC(=O)N6CCN(C78CC(c9ncn(C)n9)(C7)C8)CC6)C5)C4=O)nc32)cn1.Cn1cnc(-c2ccc(C3=CCN(C(=O)CN4CC[C@]5(CCN(c6ccc7c(n6)C(c6ccc(CO)nc6)=NC7)C5=O)C4)CC3)cc2)n1. The molecule has 21 heterocycles. The number of aliphatic imine (C=N–C) groups is 3. The number of aromatic nitrogens is 15. The fourth-order valence-electron chi connectivity index (χ4n) is 26.1. The molecule has 12 aliphatic heterocycles. The summed E-state index contributed by atoms with van der Waals surface area (Å²) in [6.07, 6.45) is 28.2. The summed E-state index contributed by atoms with van der Waals surface area (Å²) in [7, 11) is 5.71. The van der Waals surface area contributed by atoms with E-state index in [2.05, 4.69) is 89.1 Å². The lowest BCUT2D eigenvalue weighted by atomic mass is 9.32. The van der Waals surface area contributed by atoms with E-state index in [-0.39, 0.29) is 70.6 Å². The molecule has 28 rings (SSSR count). The Bertz CT molecular complexity index is 6980. The van der Waals surface area contributed by atoms with Gasteiger partial charge in [-0.2, -0.15) is 15.3 Å². The van der Waals surface area contributed by atoms with Gasteiger partial charge >= 0.3 is 0 Å². The van der Waals surface area contributed by atoms with Crippen molar-refractivity contribution in [1.29, 1.82) is 0 Å². The van der Waals surface area contributed by atoms with Crippen molar-refractivity contribution in [2.45, 2.75) is 172 Å². The van der Waals surface area contributed by atoms with E-state index in [1.54, 1.807) is 57.7 Å². The molecule has 3 atom stereocenters. The van der Waals surface area contributed by atoms with E-state index in [0.717, 1.165) is 233 Å². The summed E-state index contributed by atoms with van der Waals surface area (Å²) in [5.41, 5.74) is 15.4. The first kappa shape index (κ1) is 94.5. The summed E-state index contributed by atoms with van der Waals surface area (Å²) in [6.45, 7) is 22.5. The fraction of sp³-hybridized carbons (Fsp3) is 0.495. The Balaban J connectivity index is 0.000000117. The Kier molecular flexibility index (Phi) is 24.0. The van der Waals surface area contributed by atoms with E-state index in [1.165, 1.54) is 11.1 Å². The second-order valence-corrected chi connectivity index (χ2v) is 44.1. The quantitative estimate of drug-likeness (QED) is 0.0586. The number of ether oxygens (including phenoxy) is 2. The summed E-state index contributed by atoms with van der Waals surface area (Å²) >= 11 is 0. The zero-order valence-electron chi connectivity index (χ0n) is 84.1. The zero-order chi connectivity index (χ0) is 99.9. The van der Waals surface area contributed by atoms with Gasteiger partial charge in [0.05, 0.1) is 114 Å². The zero-order valence-corrected chi connectivity index (χ0v) is 84.1. The Morgan fingerprint density at radius 2 is 0.795 bits per heavy atom. The molecule has 146 heavy (non-hydrogen) atoms. The maximum atomic E-state index is 14.0. The second-order valence-electron chi connectivity index (χ2n) is 44.1. The predicted molar refractivity (Wildman–Crippen MR) is 544 cm³/mol. The van der Waals surface area contributed by atoms with Gasteiger partial charge in [0.1, 0.15) is 36.4 Å². The molecule has 0 unspecified atom stereocenters. The average molecular weight is 1970 g/mol. The van der Waals surface area contributed by atoms with E-state index in [4.69, 9.17) is 39.4 Å². The van der Waals surface area contributed by atoms with Crippen molar-refractivity contribution in [2.75, 3.05) is 146 Å². The topological polar surface area (TPSA) is 380 Å². The van der Waals surface area contributed by atoms with Crippen molar-refractivity contribution in [1.82, 2.24) is 108 Å². The van der Waals surface area contributed by atoms with Crippen molar-refractivity contribution in [3.63, 3.8) is 0 Å². The number of aliphatic hydroxyl groups excluding tert-OH is 1. The molecule has 754 valence electrons. The molecule has 6 aliphatic carbocycles. The van der Waals surface area contributed by atoms with Crippen LogP contribution in [0.15, 0.2) is 167 Å². The summed E-state index contributed by atoms with van der Waals surface area (Å²) in [5.74, 6) is 6.60. The van der Waals surface area contributed by atoms with Crippen molar-refractivity contribution >= 4 is 75.6 Å². The lowest BCUT2D eigenvalue weighted by Crippen LogP contribution is -2.78. The summed E-state index contributed by atoms with van der Waals surface area (Å²) in [4.78, 5) is 159. The number of pyridine rings is 6. The molecule has 1 aromatic carbocycles. The number of amides is 6. The first-order chi connectivity index (χ1) is 70.7. The van der Waals surface area contributed by atoms with E-state index < -0.39 is 16.2 Å². The molecule has 7 saturated heterocycles. The molecule has 9 aromatic heterocycles. The molecule has 0 radical (unpaired) electrons. The molecule has 3 spiro atoms. The van der Waals surface area contributed by atoms with Crippen LogP contribution in [0, 0.1) is 21.7 Å². The smallest absolute Gasteiger partial charge is 0.237 e. The van der Waals surface area contributed by atoms with E-state index in [9.17, 15) is 33.9 Å². The number of benzene rings is 1. The van der Waals surface area contributed by atoms with Crippen LogP contribution < -0.4 is 24.2 Å². The fourth-order valence-corrected chi connectivity index (χ4v) is 26.1. The molecule has 4 bridgehead atoms. The first-order valence-corrected chi connectivity index (χ1v) is 51.9. The van der Waals surface area contributed by atoms with Gasteiger partial charge in [-0.3, -0.25) is 97.1 Å². The van der Waals surface area contributed by atoms with Crippen molar-refractivity contribution in [3.8, 4) is 23.1 Å². The van der Waals surface area contributed by atoms with Gasteiger partial charge < -0.3 is 29.3 Å². The Hall–Kier alpha value is -13.8. The minimum Gasteiger partial charge on any atom is -0.475 e. The highest BCUT2D eigenvalue weighted by molar-refractivity contribution is 6.16. The van der Waals surface area contributed by atoms with Crippen molar-refractivity contribution < 1.29 is 43.3 Å².